The van der Waals surface area contributed by atoms with E-state index in [1.54, 1.807) is 12.1 Å². The fourth-order valence-electron chi connectivity index (χ4n) is 3.14. The normalized spacial score (nSPS) is 14.5. The minimum absolute atomic E-state index is 0.531. The first-order valence-corrected chi connectivity index (χ1v) is 10.9. The Hall–Kier alpha value is -2.87. The first kappa shape index (κ1) is 20.4. The Morgan fingerprint density at radius 3 is 2.80 bits per heavy atom. The van der Waals surface area contributed by atoms with Crippen LogP contribution in [-0.4, -0.2) is 34.2 Å². The van der Waals surface area contributed by atoms with Crippen molar-refractivity contribution in [1.29, 1.82) is 0 Å². The Kier molecular flexibility index (Phi) is 6.63. The molecule has 3 heterocycles. The largest absolute Gasteiger partial charge is 0.493 e. The minimum atomic E-state index is 0.531. The molecule has 1 aromatic carbocycles. The van der Waals surface area contributed by atoms with Gasteiger partial charge in [0.15, 0.2) is 5.58 Å². The molecule has 8 heteroatoms. The number of nitrogens with zero attached hydrogens (tertiary/aromatic N) is 4. The third-order valence-electron chi connectivity index (χ3n) is 4.89. The van der Waals surface area contributed by atoms with E-state index in [0.717, 1.165) is 36.2 Å². The Bertz CT molecular complexity index is 979. The number of fused-ring (bicyclic) bond motifs is 1. The highest BCUT2D eigenvalue weighted by Crippen LogP contribution is 2.31. The summed E-state index contributed by atoms with van der Waals surface area (Å²) < 4.78 is 21.1. The summed E-state index contributed by atoms with van der Waals surface area (Å²) in [5, 5.41) is 4.82. The van der Waals surface area contributed by atoms with Crippen LogP contribution in [0.4, 0.5) is 5.69 Å². The highest BCUT2D eigenvalue weighted by atomic mass is 32.2. The number of pyridine rings is 1. The summed E-state index contributed by atoms with van der Waals surface area (Å²) in [5.74, 6) is 1.89. The maximum atomic E-state index is 5.93. The number of hydrogen-bond donors (Lipinski definition) is 0. The first-order valence-electron chi connectivity index (χ1n) is 10.2. The van der Waals surface area contributed by atoms with Gasteiger partial charge in [-0.3, -0.25) is 9.29 Å². The third kappa shape index (κ3) is 4.99. The zero-order valence-electron chi connectivity index (χ0n) is 17.2. The molecule has 1 unspecified atom stereocenters. The van der Waals surface area contributed by atoms with Gasteiger partial charge in [0.2, 0.25) is 0 Å². The molecule has 4 rings (SSSR count). The van der Waals surface area contributed by atoms with Gasteiger partial charge in [-0.15, -0.1) is 0 Å². The van der Waals surface area contributed by atoms with Crippen molar-refractivity contribution in [2.75, 3.05) is 24.1 Å². The van der Waals surface area contributed by atoms with Gasteiger partial charge in [0.05, 0.1) is 36.4 Å². The van der Waals surface area contributed by atoms with E-state index >= 15 is 0 Å². The predicted octanol–water partition coefficient (Wildman–Crippen LogP) is 5.27. The lowest BCUT2D eigenvalue weighted by Gasteiger charge is -2.20. The molecule has 0 saturated carbocycles. The molecular formula is C22H26N4O3S. The van der Waals surface area contributed by atoms with Crippen molar-refractivity contribution < 1.29 is 14.0 Å². The van der Waals surface area contributed by atoms with Gasteiger partial charge in [0.25, 0.3) is 5.88 Å². The van der Waals surface area contributed by atoms with Crippen LogP contribution >= 0.6 is 12.1 Å². The van der Waals surface area contributed by atoms with Crippen molar-refractivity contribution in [2.45, 2.75) is 26.7 Å². The van der Waals surface area contributed by atoms with E-state index in [1.165, 1.54) is 0 Å². The Morgan fingerprint density at radius 2 is 1.97 bits per heavy atom. The van der Waals surface area contributed by atoms with E-state index < -0.39 is 0 Å². The first-order chi connectivity index (χ1) is 14.7. The second kappa shape index (κ2) is 9.75. The number of hydrogen-bond acceptors (Lipinski definition) is 8. The van der Waals surface area contributed by atoms with E-state index in [2.05, 4.69) is 38.1 Å². The lowest BCUT2D eigenvalue weighted by molar-refractivity contribution is 0.276. The summed E-state index contributed by atoms with van der Waals surface area (Å²) in [6, 6.07) is 9.76. The molecule has 0 fully saturated rings. The summed E-state index contributed by atoms with van der Waals surface area (Å²) in [6.45, 7) is 6.42. The van der Waals surface area contributed by atoms with E-state index in [4.69, 9.17) is 14.0 Å². The maximum Gasteiger partial charge on any atom is 0.262 e. The molecule has 30 heavy (non-hydrogen) atoms. The highest BCUT2D eigenvalue weighted by Gasteiger charge is 2.16. The van der Waals surface area contributed by atoms with Crippen LogP contribution in [0.2, 0.25) is 0 Å². The monoisotopic (exact) mass is 426 g/mol. The summed E-state index contributed by atoms with van der Waals surface area (Å²) in [6.07, 6.45) is 9.93. The van der Waals surface area contributed by atoms with E-state index in [9.17, 15) is 0 Å². The van der Waals surface area contributed by atoms with Crippen LogP contribution in [-0.2, 0) is 0 Å². The van der Waals surface area contributed by atoms with Gasteiger partial charge < -0.3 is 18.3 Å². The van der Waals surface area contributed by atoms with Gasteiger partial charge in [-0.2, -0.15) is 0 Å². The molecule has 0 amide bonds. The van der Waals surface area contributed by atoms with Crippen molar-refractivity contribution in [3.8, 4) is 11.6 Å². The molecule has 0 spiro atoms. The SMILES string of the molecule is CCOc1noc2cc(OCCC(C)CCN3C=CN(c4ccncc4)S3)ccc12. The van der Waals surface area contributed by atoms with Gasteiger partial charge in [-0.25, -0.2) is 0 Å². The van der Waals surface area contributed by atoms with Crippen LogP contribution in [0.15, 0.2) is 59.6 Å². The van der Waals surface area contributed by atoms with Crippen LogP contribution in [0.3, 0.4) is 0 Å². The van der Waals surface area contributed by atoms with Crippen LogP contribution in [0, 0.1) is 5.92 Å². The fourth-order valence-corrected chi connectivity index (χ4v) is 3.98. The average Bonchev–Trinajstić information content (AvgIpc) is 3.40. The van der Waals surface area contributed by atoms with Crippen molar-refractivity contribution in [2.24, 2.45) is 5.92 Å². The smallest absolute Gasteiger partial charge is 0.262 e. The Morgan fingerprint density at radius 1 is 1.10 bits per heavy atom. The second-order valence-electron chi connectivity index (χ2n) is 7.16. The van der Waals surface area contributed by atoms with Gasteiger partial charge in [0.1, 0.15) is 5.75 Å². The number of benzene rings is 1. The molecule has 0 saturated heterocycles. The molecule has 158 valence electrons. The van der Waals surface area contributed by atoms with Gasteiger partial charge in [-0.05, 0) is 55.1 Å². The lowest BCUT2D eigenvalue weighted by Crippen LogP contribution is -2.15. The quantitative estimate of drug-likeness (QED) is 0.406. The van der Waals surface area contributed by atoms with Crippen LogP contribution in [0.1, 0.15) is 26.7 Å². The molecule has 1 aliphatic heterocycles. The Labute approximate surface area is 180 Å². The van der Waals surface area contributed by atoms with Crippen LogP contribution in [0.25, 0.3) is 11.0 Å². The number of rotatable bonds is 10. The number of ether oxygens (including phenoxy) is 2. The number of anilines is 1. The van der Waals surface area contributed by atoms with Gasteiger partial charge >= 0.3 is 0 Å². The Balaban J connectivity index is 1.18. The summed E-state index contributed by atoms with van der Waals surface area (Å²) >= 11 is 1.70. The number of aromatic nitrogens is 2. The molecule has 0 bridgehead atoms. The lowest BCUT2D eigenvalue weighted by atomic mass is 10.0. The van der Waals surface area contributed by atoms with Gasteiger partial charge in [-0.1, -0.05) is 6.92 Å². The van der Waals surface area contributed by atoms with Crippen molar-refractivity contribution in [1.82, 2.24) is 14.4 Å². The summed E-state index contributed by atoms with van der Waals surface area (Å²) in [7, 11) is 0. The zero-order chi connectivity index (χ0) is 20.8. The topological polar surface area (TPSA) is 63.9 Å². The molecule has 0 radical (unpaired) electrons. The zero-order valence-corrected chi connectivity index (χ0v) is 18.0. The molecular weight excluding hydrogens is 400 g/mol. The molecule has 0 N–H and O–H groups in total. The van der Waals surface area contributed by atoms with Crippen molar-refractivity contribution >= 4 is 28.8 Å². The summed E-state index contributed by atoms with van der Waals surface area (Å²) in [5.41, 5.74) is 1.81. The van der Waals surface area contributed by atoms with E-state index in [0.29, 0.717) is 30.6 Å². The fraction of sp³-hybridized carbons (Fsp3) is 0.364. The van der Waals surface area contributed by atoms with Crippen molar-refractivity contribution in [3.05, 3.63) is 55.1 Å². The molecule has 1 aliphatic rings. The average molecular weight is 427 g/mol. The predicted molar refractivity (Wildman–Crippen MR) is 119 cm³/mol. The molecule has 3 aromatic rings. The molecule has 7 nitrogen and oxygen atoms in total. The highest BCUT2D eigenvalue weighted by molar-refractivity contribution is 7.98. The van der Waals surface area contributed by atoms with Crippen molar-refractivity contribution in [3.63, 3.8) is 0 Å². The standard InChI is InChI=1S/C22H26N4O3S/c1-3-27-22-20-5-4-19(16-21(20)29-24-22)28-15-9-17(2)8-12-25-13-14-26(30-25)18-6-10-23-11-7-18/h4-7,10-11,13-14,16-17H,3,8-9,12,15H2,1-2H3. The van der Waals surface area contributed by atoms with Crippen LogP contribution in [0.5, 0.6) is 11.6 Å². The maximum absolute atomic E-state index is 5.93. The summed E-state index contributed by atoms with van der Waals surface area (Å²) in [4.78, 5) is 4.07. The minimum Gasteiger partial charge on any atom is -0.493 e. The third-order valence-corrected chi connectivity index (χ3v) is 5.91. The second-order valence-corrected chi connectivity index (χ2v) is 8.19. The van der Waals surface area contributed by atoms with E-state index in [1.807, 2.05) is 49.6 Å². The van der Waals surface area contributed by atoms with E-state index in [-0.39, 0.29) is 0 Å². The van der Waals surface area contributed by atoms with Gasteiger partial charge in [0, 0.05) is 37.4 Å². The molecule has 1 atom stereocenters. The molecule has 0 aliphatic carbocycles. The van der Waals surface area contributed by atoms with Crippen LogP contribution < -0.4 is 13.8 Å². The molecule has 2 aromatic heterocycles.